The number of carbonyl (C=O) groups is 1. The van der Waals surface area contributed by atoms with Crippen LogP contribution < -0.4 is 5.32 Å². The summed E-state index contributed by atoms with van der Waals surface area (Å²) in [6.45, 7) is -1.52. The molecule has 33 heavy (non-hydrogen) atoms. The van der Waals surface area contributed by atoms with Crippen LogP contribution in [0.15, 0.2) is 46.4 Å². The Labute approximate surface area is 198 Å². The lowest BCUT2D eigenvalue weighted by Gasteiger charge is -2.29. The van der Waals surface area contributed by atoms with Crippen LogP contribution in [-0.2, 0) is 10.4 Å². The van der Waals surface area contributed by atoms with Crippen LogP contribution in [0.1, 0.15) is 27.9 Å². The van der Waals surface area contributed by atoms with Crippen LogP contribution in [0, 0.1) is 0 Å². The molecule has 13 heteroatoms. The Kier molecular flexibility index (Phi) is 7.16. The van der Waals surface area contributed by atoms with Gasteiger partial charge < -0.3 is 10.2 Å². The van der Waals surface area contributed by atoms with Crippen molar-refractivity contribution in [3.05, 3.63) is 63.1 Å². The van der Waals surface area contributed by atoms with Gasteiger partial charge >= 0.3 is 12.4 Å². The number of hydrogen-bond acceptors (Lipinski definition) is 4. The fourth-order valence-corrected chi connectivity index (χ4v) is 4.33. The first-order chi connectivity index (χ1) is 15.3. The number of nitrogens with one attached hydrogen (secondary N) is 1. The fraction of sp³-hybridized carbons (Fsp3) is 0.300. The van der Waals surface area contributed by atoms with Crippen LogP contribution in [0.3, 0.4) is 0 Å². The van der Waals surface area contributed by atoms with Crippen LogP contribution in [0.4, 0.5) is 26.3 Å². The molecule has 1 atom stereocenters. The number of amides is 1. The SMILES string of the molecule is CSc1cc(C2=NOC(c3cc(Cl)cc(Cl)c3)(C(F)(F)F)C2)ccc1C(=O)NCC(F)(F)F. The first kappa shape index (κ1) is 25.5. The van der Waals surface area contributed by atoms with Gasteiger partial charge in [0.15, 0.2) is 0 Å². The number of nitrogens with zero attached hydrogens (tertiary/aromatic N) is 1. The Morgan fingerprint density at radius 2 is 1.76 bits per heavy atom. The van der Waals surface area contributed by atoms with E-state index in [2.05, 4.69) is 5.16 Å². The van der Waals surface area contributed by atoms with Crippen molar-refractivity contribution in [3.63, 3.8) is 0 Å². The zero-order chi connectivity index (χ0) is 24.6. The van der Waals surface area contributed by atoms with Gasteiger partial charge in [0.2, 0.25) is 0 Å². The van der Waals surface area contributed by atoms with E-state index in [4.69, 9.17) is 28.0 Å². The van der Waals surface area contributed by atoms with E-state index in [0.29, 0.717) is 0 Å². The summed E-state index contributed by atoms with van der Waals surface area (Å²) in [4.78, 5) is 17.3. The van der Waals surface area contributed by atoms with Gasteiger partial charge in [0.25, 0.3) is 11.5 Å². The third-order valence-corrected chi connectivity index (χ3v) is 5.96. The second kappa shape index (κ2) is 9.27. The lowest BCUT2D eigenvalue weighted by atomic mass is 9.86. The van der Waals surface area contributed by atoms with Crippen molar-refractivity contribution in [2.75, 3.05) is 12.8 Å². The Bertz CT molecular complexity index is 1090. The maximum Gasteiger partial charge on any atom is 0.435 e. The summed E-state index contributed by atoms with van der Waals surface area (Å²) in [6, 6.07) is 7.33. The number of oxime groups is 1. The zero-order valence-corrected chi connectivity index (χ0v) is 18.9. The molecule has 0 radical (unpaired) electrons. The predicted molar refractivity (Wildman–Crippen MR) is 113 cm³/mol. The third kappa shape index (κ3) is 5.52. The van der Waals surface area contributed by atoms with Crippen LogP contribution in [0.5, 0.6) is 0 Å². The van der Waals surface area contributed by atoms with Crippen molar-refractivity contribution in [2.24, 2.45) is 5.16 Å². The van der Waals surface area contributed by atoms with Gasteiger partial charge in [-0.1, -0.05) is 34.4 Å². The van der Waals surface area contributed by atoms with Crippen molar-refractivity contribution in [1.29, 1.82) is 0 Å². The topological polar surface area (TPSA) is 50.7 Å². The number of benzene rings is 2. The number of alkyl halides is 6. The molecule has 1 heterocycles. The number of rotatable bonds is 5. The van der Waals surface area contributed by atoms with Gasteiger partial charge in [-0.15, -0.1) is 11.8 Å². The highest BCUT2D eigenvalue weighted by molar-refractivity contribution is 7.98. The molecule has 0 aliphatic carbocycles. The molecule has 0 spiro atoms. The molecule has 2 aromatic carbocycles. The molecule has 1 unspecified atom stereocenters. The molecule has 0 aromatic heterocycles. The molecule has 1 N–H and O–H groups in total. The van der Waals surface area contributed by atoms with Crippen LogP contribution in [-0.4, -0.2) is 36.8 Å². The van der Waals surface area contributed by atoms with Crippen molar-refractivity contribution in [3.8, 4) is 0 Å². The molecule has 178 valence electrons. The van der Waals surface area contributed by atoms with Crippen molar-refractivity contribution < 1.29 is 36.0 Å². The minimum Gasteiger partial charge on any atom is -0.374 e. The quantitative estimate of drug-likeness (QED) is 0.350. The van der Waals surface area contributed by atoms with E-state index in [1.54, 1.807) is 11.6 Å². The van der Waals surface area contributed by atoms with E-state index in [1.807, 2.05) is 0 Å². The second-order valence-corrected chi connectivity index (χ2v) is 8.72. The van der Waals surface area contributed by atoms with E-state index in [1.165, 1.54) is 24.3 Å². The second-order valence-electron chi connectivity index (χ2n) is 7.00. The van der Waals surface area contributed by atoms with E-state index >= 15 is 0 Å². The molecule has 0 saturated heterocycles. The molecule has 0 fully saturated rings. The van der Waals surface area contributed by atoms with Gasteiger partial charge in [-0.05, 0) is 36.6 Å². The van der Waals surface area contributed by atoms with Crippen LogP contribution >= 0.6 is 35.0 Å². The molecule has 1 amide bonds. The average Bonchev–Trinajstić information content (AvgIpc) is 3.17. The van der Waals surface area contributed by atoms with Crippen LogP contribution in [0.2, 0.25) is 10.0 Å². The highest BCUT2D eigenvalue weighted by Crippen LogP contribution is 2.49. The number of thioether (sulfide) groups is 1. The van der Waals surface area contributed by atoms with Gasteiger partial charge in [-0.2, -0.15) is 26.3 Å². The molecule has 0 saturated carbocycles. The minimum atomic E-state index is -4.88. The number of hydrogen-bond donors (Lipinski definition) is 1. The summed E-state index contributed by atoms with van der Waals surface area (Å²) in [7, 11) is 0. The summed E-state index contributed by atoms with van der Waals surface area (Å²) in [5, 5.41) is 5.36. The fourth-order valence-electron chi connectivity index (χ4n) is 3.18. The van der Waals surface area contributed by atoms with Gasteiger partial charge in [0.1, 0.15) is 6.54 Å². The molecule has 0 bridgehead atoms. The largest absolute Gasteiger partial charge is 0.435 e. The highest BCUT2D eigenvalue weighted by Gasteiger charge is 2.62. The lowest BCUT2D eigenvalue weighted by molar-refractivity contribution is -0.275. The molecule has 1 aliphatic heterocycles. The Morgan fingerprint density at radius 1 is 1.12 bits per heavy atom. The van der Waals surface area contributed by atoms with Gasteiger partial charge in [0, 0.05) is 32.5 Å². The maximum atomic E-state index is 14.1. The molecule has 3 rings (SSSR count). The van der Waals surface area contributed by atoms with Gasteiger partial charge in [0.05, 0.1) is 11.3 Å². The van der Waals surface area contributed by atoms with Gasteiger partial charge in [-0.25, -0.2) is 0 Å². The lowest BCUT2D eigenvalue weighted by Crippen LogP contribution is -2.42. The van der Waals surface area contributed by atoms with Crippen molar-refractivity contribution in [1.82, 2.24) is 5.32 Å². The van der Waals surface area contributed by atoms with E-state index < -0.39 is 36.8 Å². The number of carbonyl (C=O) groups excluding carboxylic acids is 1. The maximum absolute atomic E-state index is 14.1. The minimum absolute atomic E-state index is 0.0166. The van der Waals surface area contributed by atoms with E-state index in [0.717, 1.165) is 23.9 Å². The summed E-state index contributed by atoms with van der Waals surface area (Å²) in [5.41, 5.74) is -3.08. The average molecular weight is 531 g/mol. The molecular formula is C20H14Cl2F6N2O2S. The summed E-state index contributed by atoms with van der Waals surface area (Å²) in [6.07, 6.45) is -8.61. The van der Waals surface area contributed by atoms with Crippen LogP contribution in [0.25, 0.3) is 0 Å². The summed E-state index contributed by atoms with van der Waals surface area (Å²) >= 11 is 12.8. The summed E-state index contributed by atoms with van der Waals surface area (Å²) in [5.74, 6) is -0.967. The first-order valence-corrected chi connectivity index (χ1v) is 11.1. The van der Waals surface area contributed by atoms with Crippen molar-refractivity contribution >= 4 is 46.6 Å². The Hall–Kier alpha value is -2.11. The highest BCUT2D eigenvalue weighted by atomic mass is 35.5. The van der Waals surface area contributed by atoms with E-state index in [-0.39, 0.29) is 37.3 Å². The predicted octanol–water partition coefficient (Wildman–Crippen LogP) is 6.59. The Balaban J connectivity index is 1.92. The van der Waals surface area contributed by atoms with Gasteiger partial charge in [-0.3, -0.25) is 4.79 Å². The third-order valence-electron chi connectivity index (χ3n) is 4.74. The van der Waals surface area contributed by atoms with E-state index in [9.17, 15) is 31.1 Å². The number of halogens is 8. The molecule has 1 aliphatic rings. The normalized spacial score (nSPS) is 18.6. The smallest absolute Gasteiger partial charge is 0.374 e. The molecule has 4 nitrogen and oxygen atoms in total. The molecular weight excluding hydrogens is 517 g/mol. The monoisotopic (exact) mass is 530 g/mol. The standard InChI is InChI=1S/C20H14Cl2F6N2O2S/c1-33-16-4-10(2-3-14(16)17(31)29-9-19(23,24)25)15-8-18(32-30-15,20(26,27)28)11-5-12(21)7-13(22)6-11/h2-7H,8-9H2,1H3,(H,29,31). The zero-order valence-electron chi connectivity index (χ0n) is 16.6. The first-order valence-electron chi connectivity index (χ1n) is 9.07. The van der Waals surface area contributed by atoms with Crippen molar-refractivity contribution in [2.45, 2.75) is 29.3 Å². The Morgan fingerprint density at radius 3 is 2.30 bits per heavy atom. The molecule has 2 aromatic rings. The summed E-state index contributed by atoms with van der Waals surface area (Å²) < 4.78 is 79.5.